The molecule has 0 aliphatic heterocycles. The Kier molecular flexibility index (Phi) is 3.41. The van der Waals surface area contributed by atoms with Crippen LogP contribution < -0.4 is 4.74 Å². The molecule has 0 fully saturated rings. The Morgan fingerprint density at radius 2 is 2.06 bits per heavy atom. The van der Waals surface area contributed by atoms with Crippen molar-refractivity contribution in [2.75, 3.05) is 0 Å². The van der Waals surface area contributed by atoms with Crippen molar-refractivity contribution in [3.8, 4) is 5.75 Å². The summed E-state index contributed by atoms with van der Waals surface area (Å²) < 4.78 is 39.7. The van der Waals surface area contributed by atoms with Crippen molar-refractivity contribution in [3.63, 3.8) is 0 Å². The number of halogens is 3. The van der Waals surface area contributed by atoms with Gasteiger partial charge in [-0.1, -0.05) is 17.7 Å². The number of alkyl halides is 3. The van der Waals surface area contributed by atoms with Crippen molar-refractivity contribution in [2.24, 2.45) is 0 Å². The van der Waals surface area contributed by atoms with Crippen molar-refractivity contribution in [1.82, 2.24) is 0 Å². The molecule has 1 N–H and O–H groups in total. The second-order valence-electron chi connectivity index (χ2n) is 3.23. The Bertz CT molecular complexity index is 399. The number of carbonyl (C=O) groups is 1. The summed E-state index contributed by atoms with van der Waals surface area (Å²) in [7, 11) is 0. The number of hydrogen-bond donors (Lipinski definition) is 1. The average molecular weight is 234 g/mol. The number of ether oxygens (including phenoxy) is 1. The van der Waals surface area contributed by atoms with Crippen LogP contribution in [0.1, 0.15) is 11.1 Å². The number of carboxylic acids is 1. The van der Waals surface area contributed by atoms with Crippen LogP contribution in [0.4, 0.5) is 13.2 Å². The molecule has 0 aliphatic rings. The average Bonchev–Trinajstić information content (AvgIpc) is 2.06. The van der Waals surface area contributed by atoms with E-state index in [2.05, 4.69) is 4.74 Å². The Morgan fingerprint density at radius 3 is 2.56 bits per heavy atom. The molecule has 0 saturated heterocycles. The van der Waals surface area contributed by atoms with Gasteiger partial charge in [0.25, 0.3) is 0 Å². The number of benzene rings is 1. The first kappa shape index (κ1) is 12.4. The Balaban J connectivity index is 3.02. The molecule has 0 aromatic heterocycles. The highest BCUT2D eigenvalue weighted by atomic mass is 19.4. The SMILES string of the molecule is Cc1ccc(OC(F)(F)F)c(CC(=O)O)c1. The lowest BCUT2D eigenvalue weighted by Gasteiger charge is -2.12. The van der Waals surface area contributed by atoms with Gasteiger partial charge in [-0.05, 0) is 13.0 Å². The summed E-state index contributed by atoms with van der Waals surface area (Å²) in [5.74, 6) is -1.68. The van der Waals surface area contributed by atoms with E-state index in [4.69, 9.17) is 5.11 Å². The molecule has 1 rings (SSSR count). The van der Waals surface area contributed by atoms with Crippen LogP contribution in [0, 0.1) is 6.92 Å². The van der Waals surface area contributed by atoms with Crippen molar-refractivity contribution in [1.29, 1.82) is 0 Å². The molecule has 1 aromatic rings. The van der Waals surface area contributed by atoms with Gasteiger partial charge < -0.3 is 9.84 Å². The zero-order chi connectivity index (χ0) is 12.3. The molecule has 0 aliphatic carbocycles. The number of carboxylic acid groups (broad SMARTS) is 1. The first-order chi connectivity index (χ1) is 7.28. The fourth-order valence-corrected chi connectivity index (χ4v) is 1.23. The second kappa shape index (κ2) is 4.42. The summed E-state index contributed by atoms with van der Waals surface area (Å²) in [6.45, 7) is 1.66. The normalized spacial score (nSPS) is 11.2. The standard InChI is InChI=1S/C10H9F3O3/c1-6-2-3-8(16-10(11,12)13)7(4-6)5-9(14)15/h2-4H,5H2,1H3,(H,14,15). The smallest absolute Gasteiger partial charge is 0.481 e. The van der Waals surface area contributed by atoms with Crippen molar-refractivity contribution < 1.29 is 27.8 Å². The fourth-order valence-electron chi connectivity index (χ4n) is 1.23. The zero-order valence-corrected chi connectivity index (χ0v) is 8.34. The van der Waals surface area contributed by atoms with Gasteiger partial charge in [-0.25, -0.2) is 0 Å². The largest absolute Gasteiger partial charge is 0.573 e. The van der Waals surface area contributed by atoms with Crippen LogP contribution in [-0.2, 0) is 11.2 Å². The molecule has 0 atom stereocenters. The molecule has 0 spiro atoms. The topological polar surface area (TPSA) is 46.5 Å². The van der Waals surface area contributed by atoms with Crippen molar-refractivity contribution >= 4 is 5.97 Å². The minimum atomic E-state index is -4.82. The monoisotopic (exact) mass is 234 g/mol. The third-order valence-electron chi connectivity index (χ3n) is 1.78. The van der Waals surface area contributed by atoms with E-state index in [1.165, 1.54) is 12.1 Å². The fraction of sp³-hybridized carbons (Fsp3) is 0.300. The number of aryl methyl sites for hydroxylation is 1. The minimum absolute atomic E-state index is 0.00447. The van der Waals surface area contributed by atoms with Gasteiger partial charge in [0.05, 0.1) is 6.42 Å². The highest BCUT2D eigenvalue weighted by Gasteiger charge is 2.32. The maximum atomic E-state index is 12.0. The van der Waals surface area contributed by atoms with E-state index in [9.17, 15) is 18.0 Å². The molecule has 0 amide bonds. The highest BCUT2D eigenvalue weighted by Crippen LogP contribution is 2.27. The van der Waals surface area contributed by atoms with E-state index in [1.54, 1.807) is 6.92 Å². The van der Waals surface area contributed by atoms with Crippen LogP contribution in [0.2, 0.25) is 0 Å². The van der Waals surface area contributed by atoms with Gasteiger partial charge in [0.2, 0.25) is 0 Å². The highest BCUT2D eigenvalue weighted by molar-refractivity contribution is 5.71. The zero-order valence-electron chi connectivity index (χ0n) is 8.34. The van der Waals surface area contributed by atoms with Crippen molar-refractivity contribution in [2.45, 2.75) is 19.7 Å². The lowest BCUT2D eigenvalue weighted by atomic mass is 10.1. The molecule has 1 aromatic carbocycles. The Labute approximate surface area is 89.5 Å². The Morgan fingerprint density at radius 1 is 1.44 bits per heavy atom. The van der Waals surface area contributed by atoms with Gasteiger partial charge in [0.1, 0.15) is 5.75 Å². The van der Waals surface area contributed by atoms with E-state index in [-0.39, 0.29) is 5.56 Å². The number of hydrogen-bond acceptors (Lipinski definition) is 2. The molecule has 16 heavy (non-hydrogen) atoms. The Hall–Kier alpha value is -1.72. The quantitative estimate of drug-likeness (QED) is 0.874. The third-order valence-corrected chi connectivity index (χ3v) is 1.78. The number of rotatable bonds is 3. The lowest BCUT2D eigenvalue weighted by molar-refractivity contribution is -0.274. The van der Waals surface area contributed by atoms with Crippen LogP contribution in [-0.4, -0.2) is 17.4 Å². The second-order valence-corrected chi connectivity index (χ2v) is 3.23. The summed E-state index contributed by atoms with van der Waals surface area (Å²) in [4.78, 5) is 10.5. The summed E-state index contributed by atoms with van der Waals surface area (Å²) in [5.41, 5.74) is 0.676. The summed E-state index contributed by atoms with van der Waals surface area (Å²) in [6, 6.07) is 3.89. The summed E-state index contributed by atoms with van der Waals surface area (Å²) >= 11 is 0. The molecular formula is C10H9F3O3. The number of aliphatic carboxylic acids is 1. The van der Waals surface area contributed by atoms with E-state index in [0.29, 0.717) is 5.56 Å². The molecule has 0 radical (unpaired) electrons. The van der Waals surface area contributed by atoms with Gasteiger partial charge in [-0.2, -0.15) is 0 Å². The van der Waals surface area contributed by atoms with Gasteiger partial charge in [0, 0.05) is 5.56 Å². The van der Waals surface area contributed by atoms with E-state index >= 15 is 0 Å². The maximum absolute atomic E-state index is 12.0. The molecule has 0 unspecified atom stereocenters. The molecular weight excluding hydrogens is 225 g/mol. The first-order valence-corrected chi connectivity index (χ1v) is 4.35. The maximum Gasteiger partial charge on any atom is 0.573 e. The molecule has 0 bridgehead atoms. The predicted octanol–water partition coefficient (Wildman–Crippen LogP) is 2.52. The van der Waals surface area contributed by atoms with Crippen LogP contribution in [0.25, 0.3) is 0 Å². The van der Waals surface area contributed by atoms with Gasteiger partial charge in [0.15, 0.2) is 0 Å². The predicted molar refractivity (Wildman–Crippen MR) is 49.2 cm³/mol. The van der Waals surface area contributed by atoms with Crippen molar-refractivity contribution in [3.05, 3.63) is 29.3 Å². The van der Waals surface area contributed by atoms with Gasteiger partial charge >= 0.3 is 12.3 Å². The molecule has 0 heterocycles. The molecule has 0 saturated carbocycles. The van der Waals surface area contributed by atoms with Crippen LogP contribution >= 0.6 is 0 Å². The van der Waals surface area contributed by atoms with Gasteiger partial charge in [-0.3, -0.25) is 4.79 Å². The van der Waals surface area contributed by atoms with E-state index in [0.717, 1.165) is 6.07 Å². The lowest BCUT2D eigenvalue weighted by Crippen LogP contribution is -2.18. The summed E-state index contributed by atoms with van der Waals surface area (Å²) in [6.07, 6.45) is -5.32. The van der Waals surface area contributed by atoms with E-state index < -0.39 is 24.5 Å². The molecule has 88 valence electrons. The summed E-state index contributed by atoms with van der Waals surface area (Å²) in [5, 5.41) is 8.54. The van der Waals surface area contributed by atoms with Gasteiger partial charge in [-0.15, -0.1) is 13.2 Å². The molecule has 6 heteroatoms. The van der Waals surface area contributed by atoms with Crippen LogP contribution in [0.5, 0.6) is 5.75 Å². The third kappa shape index (κ3) is 3.80. The first-order valence-electron chi connectivity index (χ1n) is 4.35. The minimum Gasteiger partial charge on any atom is -0.481 e. The van der Waals surface area contributed by atoms with Crippen LogP contribution in [0.15, 0.2) is 18.2 Å². The van der Waals surface area contributed by atoms with Crippen LogP contribution in [0.3, 0.4) is 0 Å². The van der Waals surface area contributed by atoms with E-state index in [1.807, 2.05) is 0 Å². The molecule has 3 nitrogen and oxygen atoms in total.